The number of benzene rings is 3. The molecule has 0 spiro atoms. The second-order valence-electron chi connectivity index (χ2n) is 10.3. The molecule has 1 aliphatic rings. The Morgan fingerprint density at radius 1 is 0.927 bits per heavy atom. The number of hydrogen-bond donors (Lipinski definition) is 1. The van der Waals surface area contributed by atoms with Crippen LogP contribution in [0.15, 0.2) is 95.9 Å². The Balaban J connectivity index is 0.00000337. The van der Waals surface area contributed by atoms with Gasteiger partial charge in [-0.25, -0.2) is 9.59 Å². The third-order valence-corrected chi connectivity index (χ3v) is 7.73. The van der Waals surface area contributed by atoms with E-state index in [1.54, 1.807) is 4.90 Å². The number of para-hydroxylation sites is 3. The van der Waals surface area contributed by atoms with Crippen molar-refractivity contribution in [3.63, 3.8) is 0 Å². The summed E-state index contributed by atoms with van der Waals surface area (Å²) in [6.07, 6.45) is 2.99. The number of carbonyl (C=O) groups is 1. The number of ether oxygens (including phenoxy) is 1. The van der Waals surface area contributed by atoms with E-state index in [9.17, 15) is 9.59 Å². The monoisotopic (exact) mass is 571 g/mol. The van der Waals surface area contributed by atoms with Crippen molar-refractivity contribution in [2.24, 2.45) is 0 Å². The number of imidazole rings is 1. The Labute approximate surface area is 245 Å². The molecule has 8 nitrogen and oxygen atoms in total. The van der Waals surface area contributed by atoms with Crippen molar-refractivity contribution < 1.29 is 9.53 Å². The maximum atomic E-state index is 12.9. The third-order valence-electron chi connectivity index (χ3n) is 7.73. The van der Waals surface area contributed by atoms with Gasteiger partial charge in [-0.2, -0.15) is 0 Å². The van der Waals surface area contributed by atoms with Crippen LogP contribution in [0.1, 0.15) is 30.0 Å². The summed E-state index contributed by atoms with van der Waals surface area (Å²) in [6.45, 7) is 3.51. The molecule has 0 unspecified atom stereocenters. The quantitative estimate of drug-likeness (QED) is 0.255. The smallest absolute Gasteiger partial charge is 0.409 e. The van der Waals surface area contributed by atoms with Crippen LogP contribution in [0.5, 0.6) is 0 Å². The predicted molar refractivity (Wildman–Crippen MR) is 163 cm³/mol. The van der Waals surface area contributed by atoms with Crippen LogP contribution < -0.4 is 5.69 Å². The van der Waals surface area contributed by atoms with E-state index in [2.05, 4.69) is 39.1 Å². The minimum absolute atomic E-state index is 0. The maximum absolute atomic E-state index is 12.9. The van der Waals surface area contributed by atoms with Crippen LogP contribution in [0.3, 0.4) is 0 Å². The number of pyridine rings is 1. The molecule has 0 atom stereocenters. The fraction of sp³-hybridized carbons (Fsp3) is 0.281. The van der Waals surface area contributed by atoms with Gasteiger partial charge in [-0.15, -0.1) is 12.4 Å². The molecule has 0 aliphatic carbocycles. The van der Waals surface area contributed by atoms with Gasteiger partial charge >= 0.3 is 11.8 Å². The van der Waals surface area contributed by atoms with Gasteiger partial charge in [-0.3, -0.25) is 14.5 Å². The molecule has 3 heterocycles. The topological polar surface area (TPSA) is 83.5 Å². The molecule has 1 N–H and O–H groups in total. The average Bonchev–Trinajstić information content (AvgIpc) is 3.33. The molecule has 3 aromatic carbocycles. The summed E-state index contributed by atoms with van der Waals surface area (Å²) in [6, 6.07) is 28.4. The molecule has 1 amide bonds. The van der Waals surface area contributed by atoms with Crippen LogP contribution in [0.25, 0.3) is 21.9 Å². The normalized spacial score (nSPS) is 13.9. The van der Waals surface area contributed by atoms with E-state index in [-0.39, 0.29) is 30.2 Å². The lowest BCUT2D eigenvalue weighted by molar-refractivity contribution is 0.0770. The number of carbonyl (C=O) groups excluding carboxylic acids is 1. The number of aromatic nitrogens is 3. The number of nitrogens with zero attached hydrogens (tertiary/aromatic N) is 4. The van der Waals surface area contributed by atoms with Gasteiger partial charge in [0.15, 0.2) is 0 Å². The van der Waals surface area contributed by atoms with Crippen molar-refractivity contribution in [3.05, 3.63) is 113 Å². The van der Waals surface area contributed by atoms with Gasteiger partial charge in [0.1, 0.15) is 6.61 Å². The summed E-state index contributed by atoms with van der Waals surface area (Å²) in [4.78, 5) is 37.0. The highest BCUT2D eigenvalue weighted by Gasteiger charge is 2.27. The number of halogens is 1. The number of likely N-dealkylation sites (tertiary alicyclic amines) is 1. The Bertz CT molecular complexity index is 1660. The molecule has 212 valence electrons. The van der Waals surface area contributed by atoms with E-state index in [1.807, 2.05) is 71.4 Å². The summed E-state index contributed by atoms with van der Waals surface area (Å²) >= 11 is 0. The standard InChI is InChI=1S/C32H33N5O3.ClH/c38-31-34-29-12-6-7-13-30(29)37(31)26-15-18-36(19-16-26)32(39)40-21-20-35(22-24-8-2-1-3-9-24)23-25-14-17-33-28-11-5-4-10-27(25)28;/h1-14,17,26H,15-16,18-23H2,(H,34,38);1H. The highest BCUT2D eigenvalue weighted by molar-refractivity contribution is 5.85. The van der Waals surface area contributed by atoms with Gasteiger partial charge in [-0.1, -0.05) is 60.7 Å². The van der Waals surface area contributed by atoms with E-state index in [0.717, 1.165) is 35.0 Å². The van der Waals surface area contributed by atoms with Crippen molar-refractivity contribution in [3.8, 4) is 0 Å². The molecule has 41 heavy (non-hydrogen) atoms. The lowest BCUT2D eigenvalue weighted by Crippen LogP contribution is -2.41. The van der Waals surface area contributed by atoms with Gasteiger partial charge in [0.25, 0.3) is 0 Å². The number of fused-ring (bicyclic) bond motifs is 2. The van der Waals surface area contributed by atoms with Crippen molar-refractivity contribution in [2.75, 3.05) is 26.2 Å². The second kappa shape index (κ2) is 13.0. The second-order valence-corrected chi connectivity index (χ2v) is 10.3. The zero-order valence-electron chi connectivity index (χ0n) is 22.8. The van der Waals surface area contributed by atoms with Gasteiger partial charge in [-0.05, 0) is 48.2 Å². The molecule has 1 aliphatic heterocycles. The highest BCUT2D eigenvalue weighted by atomic mass is 35.5. The van der Waals surface area contributed by atoms with E-state index in [4.69, 9.17) is 4.74 Å². The van der Waals surface area contributed by atoms with E-state index in [0.29, 0.717) is 39.1 Å². The number of rotatable bonds is 8. The molecule has 1 fully saturated rings. The maximum Gasteiger partial charge on any atom is 0.409 e. The number of piperidine rings is 1. The fourth-order valence-corrected chi connectivity index (χ4v) is 5.69. The molecule has 2 aromatic heterocycles. The van der Waals surface area contributed by atoms with Crippen LogP contribution in [-0.2, 0) is 17.8 Å². The van der Waals surface area contributed by atoms with E-state index >= 15 is 0 Å². The zero-order valence-corrected chi connectivity index (χ0v) is 23.6. The number of nitrogens with one attached hydrogen (secondary N) is 1. The van der Waals surface area contributed by atoms with Gasteiger partial charge in [0.05, 0.1) is 16.6 Å². The summed E-state index contributed by atoms with van der Waals surface area (Å²) in [5, 5.41) is 1.14. The molecule has 9 heteroatoms. The minimum atomic E-state index is -0.293. The van der Waals surface area contributed by atoms with Crippen molar-refractivity contribution >= 4 is 40.4 Å². The fourth-order valence-electron chi connectivity index (χ4n) is 5.69. The molecule has 5 aromatic rings. The SMILES string of the molecule is Cl.O=C(OCCN(Cc1ccccc1)Cc1ccnc2ccccc12)N1CCC(n2c(=O)[nH]c3ccccc32)CC1. The lowest BCUT2D eigenvalue weighted by atomic mass is 10.0. The van der Waals surface area contributed by atoms with Crippen molar-refractivity contribution in [2.45, 2.75) is 32.0 Å². The molecule has 1 saturated heterocycles. The molecule has 0 saturated carbocycles. The molecular weight excluding hydrogens is 538 g/mol. The van der Waals surface area contributed by atoms with Crippen LogP contribution in [0.4, 0.5) is 4.79 Å². The number of amides is 1. The summed E-state index contributed by atoms with van der Waals surface area (Å²) in [7, 11) is 0. The Morgan fingerprint density at radius 2 is 1.66 bits per heavy atom. The number of aromatic amines is 1. The van der Waals surface area contributed by atoms with E-state index < -0.39 is 0 Å². The van der Waals surface area contributed by atoms with Gasteiger partial charge in [0, 0.05) is 50.3 Å². The average molecular weight is 572 g/mol. The van der Waals surface area contributed by atoms with E-state index in [1.165, 1.54) is 11.1 Å². The van der Waals surface area contributed by atoms with Crippen molar-refractivity contribution in [1.29, 1.82) is 0 Å². The van der Waals surface area contributed by atoms with Crippen LogP contribution in [0, 0.1) is 0 Å². The molecule has 0 bridgehead atoms. The third kappa shape index (κ3) is 6.45. The lowest BCUT2D eigenvalue weighted by Gasteiger charge is -2.32. The summed E-state index contributed by atoms with van der Waals surface area (Å²) < 4.78 is 7.59. The first kappa shape index (κ1) is 28.4. The Hall–Kier alpha value is -4.14. The first-order chi connectivity index (χ1) is 19.7. The minimum Gasteiger partial charge on any atom is -0.448 e. The van der Waals surface area contributed by atoms with Gasteiger partial charge in [0.2, 0.25) is 0 Å². The largest absolute Gasteiger partial charge is 0.448 e. The Kier molecular flexibility index (Phi) is 9.01. The summed E-state index contributed by atoms with van der Waals surface area (Å²) in [5.41, 5.74) is 5.04. The number of hydrogen-bond acceptors (Lipinski definition) is 5. The van der Waals surface area contributed by atoms with Crippen LogP contribution in [-0.4, -0.2) is 56.7 Å². The highest BCUT2D eigenvalue weighted by Crippen LogP contribution is 2.25. The van der Waals surface area contributed by atoms with Crippen molar-refractivity contribution in [1.82, 2.24) is 24.3 Å². The molecule has 6 rings (SSSR count). The first-order valence-corrected chi connectivity index (χ1v) is 13.9. The summed E-state index contributed by atoms with van der Waals surface area (Å²) in [5.74, 6) is 0. The molecule has 0 radical (unpaired) electrons. The first-order valence-electron chi connectivity index (χ1n) is 13.9. The van der Waals surface area contributed by atoms with Crippen LogP contribution in [0.2, 0.25) is 0 Å². The number of H-pyrrole nitrogens is 1. The molecular formula is C32H34ClN5O3. The van der Waals surface area contributed by atoms with Crippen LogP contribution >= 0.6 is 12.4 Å². The van der Waals surface area contributed by atoms with Gasteiger partial charge < -0.3 is 14.6 Å². The zero-order chi connectivity index (χ0) is 27.3. The Morgan fingerprint density at radius 3 is 2.49 bits per heavy atom. The predicted octanol–water partition coefficient (Wildman–Crippen LogP) is 5.78.